The minimum Gasteiger partial charge on any atom is -0.460 e. The highest BCUT2D eigenvalue weighted by molar-refractivity contribution is 14.1. The smallest absolute Gasteiger partial charge is 0.336 e. The van der Waals surface area contributed by atoms with Gasteiger partial charge >= 0.3 is 5.97 Å². The predicted octanol–water partition coefficient (Wildman–Crippen LogP) is 3.84. The Hall–Kier alpha value is -1.67. The second-order valence-corrected chi connectivity index (χ2v) is 7.90. The van der Waals surface area contributed by atoms with Crippen molar-refractivity contribution >= 4 is 34.3 Å². The number of dihydropyridines is 1. The van der Waals surface area contributed by atoms with E-state index in [0.717, 1.165) is 33.4 Å². The van der Waals surface area contributed by atoms with Crippen LogP contribution in [0.2, 0.25) is 0 Å². The van der Waals surface area contributed by atoms with Crippen molar-refractivity contribution in [3.05, 3.63) is 55.9 Å². The van der Waals surface area contributed by atoms with Gasteiger partial charge in [0.05, 0.1) is 12.2 Å². The Morgan fingerprint density at radius 2 is 1.96 bits per heavy atom. The first-order valence-electron chi connectivity index (χ1n) is 9.27. The lowest BCUT2D eigenvalue weighted by molar-refractivity contribution is -0.140. The van der Waals surface area contributed by atoms with E-state index in [9.17, 15) is 9.59 Å². The number of carbonyl (C=O) groups is 2. The zero-order valence-corrected chi connectivity index (χ0v) is 17.8. The molecule has 1 aromatic carbocycles. The molecule has 0 radical (unpaired) electrons. The van der Waals surface area contributed by atoms with E-state index in [0.29, 0.717) is 30.8 Å². The van der Waals surface area contributed by atoms with E-state index >= 15 is 0 Å². The van der Waals surface area contributed by atoms with E-state index in [1.807, 2.05) is 38.1 Å². The van der Waals surface area contributed by atoms with Crippen LogP contribution in [0.15, 0.2) is 46.8 Å². The van der Waals surface area contributed by atoms with Crippen LogP contribution in [0, 0.1) is 3.57 Å². The zero-order chi connectivity index (χ0) is 19.4. The second kappa shape index (κ2) is 9.01. The number of benzene rings is 1. The molecule has 0 aromatic heterocycles. The maximum absolute atomic E-state index is 12.9. The molecule has 1 N–H and O–H groups in total. The largest absolute Gasteiger partial charge is 0.460 e. The highest BCUT2D eigenvalue weighted by Crippen LogP contribution is 2.42. The standard InChI is InChI=1S/C21H24INO4/c1-3-26-11-12-27-21(25)18-13(2)23-16-5-4-6-17(24)20(16)19(18)14-7-9-15(22)10-8-14/h7-10,19,23H,3-6,11-12H2,1-2H3. The zero-order valence-electron chi connectivity index (χ0n) is 15.6. The summed E-state index contributed by atoms with van der Waals surface area (Å²) in [4.78, 5) is 25.7. The topological polar surface area (TPSA) is 64.6 Å². The van der Waals surface area contributed by atoms with Gasteiger partial charge in [-0.2, -0.15) is 0 Å². The van der Waals surface area contributed by atoms with Gasteiger partial charge < -0.3 is 14.8 Å². The van der Waals surface area contributed by atoms with Gasteiger partial charge in [0.15, 0.2) is 5.78 Å². The summed E-state index contributed by atoms with van der Waals surface area (Å²) in [6.07, 6.45) is 2.19. The highest BCUT2D eigenvalue weighted by atomic mass is 127. The van der Waals surface area contributed by atoms with Gasteiger partial charge in [0.2, 0.25) is 0 Å². The Morgan fingerprint density at radius 3 is 2.67 bits per heavy atom. The van der Waals surface area contributed by atoms with Crippen LogP contribution < -0.4 is 5.32 Å². The third kappa shape index (κ3) is 4.43. The van der Waals surface area contributed by atoms with E-state index in [1.54, 1.807) is 0 Å². The van der Waals surface area contributed by atoms with E-state index in [4.69, 9.17) is 9.47 Å². The number of halogens is 1. The molecule has 1 aliphatic heterocycles. The van der Waals surface area contributed by atoms with Gasteiger partial charge in [-0.1, -0.05) is 12.1 Å². The molecule has 27 heavy (non-hydrogen) atoms. The van der Waals surface area contributed by atoms with Crippen molar-refractivity contribution < 1.29 is 19.1 Å². The molecule has 1 heterocycles. The summed E-state index contributed by atoms with van der Waals surface area (Å²) in [5.74, 6) is -0.668. The number of hydrogen-bond acceptors (Lipinski definition) is 5. The van der Waals surface area contributed by atoms with Crippen molar-refractivity contribution in [3.63, 3.8) is 0 Å². The van der Waals surface area contributed by atoms with Crippen LogP contribution in [0.3, 0.4) is 0 Å². The Morgan fingerprint density at radius 1 is 1.22 bits per heavy atom. The van der Waals surface area contributed by atoms with E-state index in [-0.39, 0.29) is 18.3 Å². The number of ketones is 1. The molecule has 1 aliphatic carbocycles. The van der Waals surface area contributed by atoms with Crippen LogP contribution in [0.5, 0.6) is 0 Å². The number of carbonyl (C=O) groups excluding carboxylic acids is 2. The predicted molar refractivity (Wildman–Crippen MR) is 111 cm³/mol. The molecule has 0 saturated carbocycles. The van der Waals surface area contributed by atoms with Gasteiger partial charge in [0, 0.05) is 39.5 Å². The fourth-order valence-electron chi connectivity index (χ4n) is 3.66. The fraction of sp³-hybridized carbons (Fsp3) is 0.429. The first-order chi connectivity index (χ1) is 13.0. The Labute approximate surface area is 173 Å². The second-order valence-electron chi connectivity index (χ2n) is 6.65. The number of esters is 1. The van der Waals surface area contributed by atoms with Crippen molar-refractivity contribution in [2.45, 2.75) is 39.0 Å². The number of ether oxygens (including phenoxy) is 2. The van der Waals surface area contributed by atoms with Crippen molar-refractivity contribution in [1.29, 1.82) is 0 Å². The molecule has 0 bridgehead atoms. The number of allylic oxidation sites excluding steroid dienone is 3. The third-order valence-corrected chi connectivity index (χ3v) is 5.58. The Balaban J connectivity index is 1.97. The lowest BCUT2D eigenvalue weighted by Gasteiger charge is -2.34. The van der Waals surface area contributed by atoms with Crippen LogP contribution in [0.4, 0.5) is 0 Å². The average Bonchev–Trinajstić information content (AvgIpc) is 2.65. The SMILES string of the molecule is CCOCCOC(=O)C1=C(C)NC2=C(C(=O)CCC2)C1c1ccc(I)cc1. The number of hydrogen-bond donors (Lipinski definition) is 1. The van der Waals surface area contributed by atoms with Crippen molar-refractivity contribution in [2.75, 3.05) is 19.8 Å². The molecule has 6 heteroatoms. The highest BCUT2D eigenvalue weighted by Gasteiger charge is 2.38. The third-order valence-electron chi connectivity index (χ3n) is 4.86. The van der Waals surface area contributed by atoms with Crippen molar-refractivity contribution in [1.82, 2.24) is 5.32 Å². The van der Waals surface area contributed by atoms with Gasteiger partial charge in [0.1, 0.15) is 6.61 Å². The van der Waals surface area contributed by atoms with Gasteiger partial charge in [-0.05, 0) is 67.0 Å². The summed E-state index contributed by atoms with van der Waals surface area (Å²) in [6.45, 7) is 4.92. The van der Waals surface area contributed by atoms with Gasteiger partial charge in [-0.25, -0.2) is 4.79 Å². The van der Waals surface area contributed by atoms with Gasteiger partial charge in [0.25, 0.3) is 0 Å². The maximum Gasteiger partial charge on any atom is 0.336 e. The summed E-state index contributed by atoms with van der Waals surface area (Å²) in [7, 11) is 0. The molecule has 0 spiro atoms. The number of Topliss-reactive ketones (excluding diaryl/α,β-unsaturated/α-hetero) is 1. The van der Waals surface area contributed by atoms with Crippen molar-refractivity contribution in [2.24, 2.45) is 0 Å². The summed E-state index contributed by atoms with van der Waals surface area (Å²) in [5.41, 5.74) is 3.87. The van der Waals surface area contributed by atoms with Crippen molar-refractivity contribution in [3.8, 4) is 0 Å². The molecule has 144 valence electrons. The molecule has 3 rings (SSSR count). The Kier molecular flexibility index (Phi) is 6.70. The lowest BCUT2D eigenvalue weighted by atomic mass is 9.75. The van der Waals surface area contributed by atoms with Gasteiger partial charge in [-0.3, -0.25) is 4.79 Å². The quantitative estimate of drug-likeness (QED) is 0.380. The molecule has 1 unspecified atom stereocenters. The molecule has 0 amide bonds. The molecule has 1 aromatic rings. The summed E-state index contributed by atoms with van der Waals surface area (Å²) < 4.78 is 11.8. The Bertz CT molecular complexity index is 795. The minimum atomic E-state index is -0.395. The first-order valence-corrected chi connectivity index (χ1v) is 10.3. The fourth-order valence-corrected chi connectivity index (χ4v) is 4.02. The van der Waals surface area contributed by atoms with Crippen LogP contribution in [0.25, 0.3) is 0 Å². The molecule has 0 saturated heterocycles. The molecule has 1 atom stereocenters. The van der Waals surface area contributed by atoms with E-state index < -0.39 is 5.97 Å². The molecular formula is C21H24INO4. The minimum absolute atomic E-state index is 0.111. The average molecular weight is 481 g/mol. The van der Waals surface area contributed by atoms with E-state index in [2.05, 4.69) is 27.9 Å². The molecular weight excluding hydrogens is 457 g/mol. The van der Waals surface area contributed by atoms with Crippen LogP contribution in [-0.2, 0) is 19.1 Å². The lowest BCUT2D eigenvalue weighted by Crippen LogP contribution is -2.34. The number of rotatable bonds is 6. The first kappa shape index (κ1) is 20.1. The summed E-state index contributed by atoms with van der Waals surface area (Å²) in [5, 5.41) is 3.30. The monoisotopic (exact) mass is 481 g/mol. The normalized spacial score (nSPS) is 19.7. The number of nitrogens with one attached hydrogen (secondary N) is 1. The maximum atomic E-state index is 12.9. The van der Waals surface area contributed by atoms with Crippen LogP contribution >= 0.6 is 22.6 Å². The van der Waals surface area contributed by atoms with Crippen LogP contribution in [-0.4, -0.2) is 31.6 Å². The van der Waals surface area contributed by atoms with Crippen LogP contribution in [0.1, 0.15) is 44.6 Å². The summed E-state index contributed by atoms with van der Waals surface area (Å²) >= 11 is 2.25. The molecule has 0 fully saturated rings. The molecule has 2 aliphatic rings. The van der Waals surface area contributed by atoms with E-state index in [1.165, 1.54) is 0 Å². The van der Waals surface area contributed by atoms with Gasteiger partial charge in [-0.15, -0.1) is 0 Å². The molecule has 5 nitrogen and oxygen atoms in total. The summed E-state index contributed by atoms with van der Waals surface area (Å²) in [6, 6.07) is 7.98.